The van der Waals surface area contributed by atoms with Crippen LogP contribution in [-0.4, -0.2) is 19.3 Å². The standard InChI is InChI=1S/C11H15BO2/c1-8-6-4-5-7-11(8)12-13-9(2)10(3)14-12/h4-7,9-10H,1-3H3. The van der Waals surface area contributed by atoms with E-state index < -0.39 is 0 Å². The summed E-state index contributed by atoms with van der Waals surface area (Å²) in [6.45, 7) is 6.17. The van der Waals surface area contributed by atoms with E-state index in [1.54, 1.807) is 0 Å². The number of rotatable bonds is 1. The highest BCUT2D eigenvalue weighted by Crippen LogP contribution is 2.16. The van der Waals surface area contributed by atoms with E-state index in [1.807, 2.05) is 26.0 Å². The topological polar surface area (TPSA) is 18.5 Å². The van der Waals surface area contributed by atoms with Gasteiger partial charge in [-0.05, 0) is 26.2 Å². The van der Waals surface area contributed by atoms with Crippen molar-refractivity contribution >= 4 is 12.6 Å². The molecule has 1 heterocycles. The Bertz CT molecular complexity index is 317. The SMILES string of the molecule is Cc1ccccc1B1OC(C)C(C)O1. The second kappa shape index (κ2) is 3.75. The van der Waals surface area contributed by atoms with Crippen LogP contribution < -0.4 is 5.46 Å². The maximum absolute atomic E-state index is 5.72. The zero-order valence-electron chi connectivity index (χ0n) is 8.86. The van der Waals surface area contributed by atoms with Crippen LogP contribution in [0, 0.1) is 6.92 Å². The first-order valence-electron chi connectivity index (χ1n) is 5.05. The molecule has 74 valence electrons. The zero-order chi connectivity index (χ0) is 10.1. The molecule has 2 unspecified atom stereocenters. The Morgan fingerprint density at radius 2 is 1.64 bits per heavy atom. The minimum atomic E-state index is -0.179. The molecule has 0 amide bonds. The molecule has 2 nitrogen and oxygen atoms in total. The van der Waals surface area contributed by atoms with E-state index in [2.05, 4.69) is 19.1 Å². The lowest BCUT2D eigenvalue weighted by Gasteiger charge is -2.07. The highest BCUT2D eigenvalue weighted by atomic mass is 16.7. The van der Waals surface area contributed by atoms with E-state index in [9.17, 15) is 0 Å². The van der Waals surface area contributed by atoms with Crippen molar-refractivity contribution in [3.63, 3.8) is 0 Å². The maximum atomic E-state index is 5.72. The number of hydrogen-bond donors (Lipinski definition) is 0. The van der Waals surface area contributed by atoms with Gasteiger partial charge in [0.25, 0.3) is 0 Å². The first-order chi connectivity index (χ1) is 6.68. The van der Waals surface area contributed by atoms with E-state index in [4.69, 9.17) is 9.31 Å². The molecule has 1 aromatic carbocycles. The summed E-state index contributed by atoms with van der Waals surface area (Å²) in [6, 6.07) is 8.18. The molecular weight excluding hydrogens is 175 g/mol. The van der Waals surface area contributed by atoms with Gasteiger partial charge in [-0.1, -0.05) is 29.8 Å². The van der Waals surface area contributed by atoms with Crippen molar-refractivity contribution in [2.24, 2.45) is 0 Å². The van der Waals surface area contributed by atoms with E-state index in [0.29, 0.717) is 0 Å². The average Bonchev–Trinajstić information content (AvgIpc) is 2.48. The Kier molecular flexibility index (Phi) is 2.61. The highest BCUT2D eigenvalue weighted by molar-refractivity contribution is 6.62. The van der Waals surface area contributed by atoms with Gasteiger partial charge in [-0.3, -0.25) is 0 Å². The predicted octanol–water partition coefficient (Wildman–Crippen LogP) is 1.51. The van der Waals surface area contributed by atoms with E-state index >= 15 is 0 Å². The quantitative estimate of drug-likeness (QED) is 0.625. The number of hydrogen-bond acceptors (Lipinski definition) is 2. The summed E-state index contributed by atoms with van der Waals surface area (Å²) in [6.07, 6.45) is 0.360. The van der Waals surface area contributed by atoms with E-state index in [1.165, 1.54) is 5.56 Å². The third-order valence-electron chi connectivity index (χ3n) is 2.78. The van der Waals surface area contributed by atoms with Crippen LogP contribution in [0.2, 0.25) is 0 Å². The van der Waals surface area contributed by atoms with Crippen molar-refractivity contribution in [1.29, 1.82) is 0 Å². The van der Waals surface area contributed by atoms with Gasteiger partial charge in [0.2, 0.25) is 0 Å². The summed E-state index contributed by atoms with van der Waals surface area (Å²) in [5.41, 5.74) is 2.36. The lowest BCUT2D eigenvalue weighted by atomic mass is 9.76. The van der Waals surface area contributed by atoms with Gasteiger partial charge in [-0.15, -0.1) is 0 Å². The molecule has 0 aliphatic carbocycles. The summed E-state index contributed by atoms with van der Waals surface area (Å²) in [5.74, 6) is 0. The molecule has 1 fully saturated rings. The van der Waals surface area contributed by atoms with E-state index in [0.717, 1.165) is 5.46 Å². The fourth-order valence-electron chi connectivity index (χ4n) is 1.64. The molecule has 1 aliphatic rings. The fraction of sp³-hybridized carbons (Fsp3) is 0.455. The Morgan fingerprint density at radius 1 is 1.07 bits per heavy atom. The first-order valence-corrected chi connectivity index (χ1v) is 5.05. The van der Waals surface area contributed by atoms with Gasteiger partial charge in [0.05, 0.1) is 12.2 Å². The van der Waals surface area contributed by atoms with Crippen molar-refractivity contribution in [3.05, 3.63) is 29.8 Å². The van der Waals surface area contributed by atoms with E-state index in [-0.39, 0.29) is 19.3 Å². The lowest BCUT2D eigenvalue weighted by Crippen LogP contribution is -2.34. The molecule has 0 N–H and O–H groups in total. The molecule has 1 aromatic rings. The summed E-state index contributed by atoms with van der Waals surface area (Å²) >= 11 is 0. The van der Waals surface area contributed by atoms with Crippen molar-refractivity contribution in [2.75, 3.05) is 0 Å². The van der Waals surface area contributed by atoms with Gasteiger partial charge in [-0.2, -0.15) is 0 Å². The third-order valence-corrected chi connectivity index (χ3v) is 2.78. The number of aryl methyl sites for hydroxylation is 1. The van der Waals surface area contributed by atoms with Crippen molar-refractivity contribution in [1.82, 2.24) is 0 Å². The van der Waals surface area contributed by atoms with Crippen LogP contribution in [0.5, 0.6) is 0 Å². The molecule has 1 aliphatic heterocycles. The normalized spacial score (nSPS) is 26.9. The predicted molar refractivity (Wildman–Crippen MR) is 57.7 cm³/mol. The van der Waals surface area contributed by atoms with Crippen molar-refractivity contribution < 1.29 is 9.31 Å². The first kappa shape index (κ1) is 9.75. The van der Waals surface area contributed by atoms with Crippen molar-refractivity contribution in [2.45, 2.75) is 33.0 Å². The summed E-state index contributed by atoms with van der Waals surface area (Å²) in [4.78, 5) is 0. The van der Waals surface area contributed by atoms with Gasteiger partial charge in [0.15, 0.2) is 0 Å². The molecule has 0 radical (unpaired) electrons. The van der Waals surface area contributed by atoms with Gasteiger partial charge in [-0.25, -0.2) is 0 Å². The highest BCUT2D eigenvalue weighted by Gasteiger charge is 2.36. The molecular formula is C11H15BO2. The third kappa shape index (κ3) is 1.70. The average molecular weight is 190 g/mol. The van der Waals surface area contributed by atoms with Crippen LogP contribution in [0.25, 0.3) is 0 Å². The maximum Gasteiger partial charge on any atom is 0.494 e. The summed E-state index contributed by atoms with van der Waals surface area (Å²) in [7, 11) is -0.179. The van der Waals surface area contributed by atoms with Crippen LogP contribution in [0.3, 0.4) is 0 Å². The number of benzene rings is 1. The van der Waals surface area contributed by atoms with Gasteiger partial charge < -0.3 is 9.31 Å². The fourth-order valence-corrected chi connectivity index (χ4v) is 1.64. The second-order valence-electron chi connectivity index (χ2n) is 3.87. The van der Waals surface area contributed by atoms with Gasteiger partial charge >= 0.3 is 7.12 Å². The molecule has 0 bridgehead atoms. The van der Waals surface area contributed by atoms with Crippen LogP contribution in [0.1, 0.15) is 19.4 Å². The summed E-state index contributed by atoms with van der Waals surface area (Å²) < 4.78 is 11.4. The molecule has 2 rings (SSSR count). The van der Waals surface area contributed by atoms with Crippen LogP contribution >= 0.6 is 0 Å². The van der Waals surface area contributed by atoms with Gasteiger partial charge in [0.1, 0.15) is 0 Å². The Hall–Kier alpha value is -0.795. The molecule has 14 heavy (non-hydrogen) atoms. The molecule has 0 aromatic heterocycles. The molecule has 2 atom stereocenters. The molecule has 3 heteroatoms. The monoisotopic (exact) mass is 190 g/mol. The Labute approximate surface area is 85.4 Å². The molecule has 0 saturated carbocycles. The minimum absolute atomic E-state index is 0.179. The van der Waals surface area contributed by atoms with Crippen LogP contribution in [0.15, 0.2) is 24.3 Å². The molecule has 1 saturated heterocycles. The van der Waals surface area contributed by atoms with Crippen LogP contribution in [0.4, 0.5) is 0 Å². The van der Waals surface area contributed by atoms with Crippen LogP contribution in [-0.2, 0) is 9.31 Å². The second-order valence-corrected chi connectivity index (χ2v) is 3.87. The zero-order valence-corrected chi connectivity index (χ0v) is 8.86. The minimum Gasteiger partial charge on any atom is -0.402 e. The van der Waals surface area contributed by atoms with Gasteiger partial charge in [0, 0.05) is 0 Å². The smallest absolute Gasteiger partial charge is 0.402 e. The Balaban J connectivity index is 2.21. The largest absolute Gasteiger partial charge is 0.494 e. The Morgan fingerprint density at radius 3 is 2.21 bits per heavy atom. The van der Waals surface area contributed by atoms with Crippen molar-refractivity contribution in [3.8, 4) is 0 Å². The summed E-state index contributed by atoms with van der Waals surface area (Å²) in [5, 5.41) is 0. The lowest BCUT2D eigenvalue weighted by molar-refractivity contribution is 0.187. The molecule has 0 spiro atoms.